The quantitative estimate of drug-likeness (QED) is 0.101. The van der Waals surface area contributed by atoms with Crippen LogP contribution >= 0.6 is 0 Å². The molecule has 0 aliphatic heterocycles. The van der Waals surface area contributed by atoms with Crippen molar-refractivity contribution in [3.05, 3.63) is 259 Å². The molecule has 0 radical (unpaired) electrons. The van der Waals surface area contributed by atoms with Crippen LogP contribution < -0.4 is 0 Å². The van der Waals surface area contributed by atoms with Crippen molar-refractivity contribution in [1.82, 2.24) is 19.9 Å². The van der Waals surface area contributed by atoms with Crippen molar-refractivity contribution < 1.29 is 0 Å². The molecule has 0 unspecified atom stereocenters. The molecule has 0 spiro atoms. The predicted molar refractivity (Wildman–Crippen MR) is 306 cm³/mol. The van der Waals surface area contributed by atoms with Gasteiger partial charge in [-0.1, -0.05) is 226 Å². The standard InChI is InChI=1S/C65H44N6.C2H6/c1-66-59(53-37-35-51-55(44-23-10-3-11-24-44)40-57(46-27-14-5-15-28-46)68-62(51)61(53)67-42-43-21-8-2-9-22-43)49-33-20-34-50(39-49)60-54-38-36-52-56(45-25-12-4-13-26-45)41-58(47-29-16-6-17-30-47)69-63(52)64(54)71-65(70-60)48-31-18-7-19-32-48;1-2/h2-42H,1H3;1-2H3. The number of pyridine rings is 2. The van der Waals surface area contributed by atoms with E-state index >= 15 is 0 Å². The summed E-state index contributed by atoms with van der Waals surface area (Å²) in [7, 11) is 1.85. The highest BCUT2D eigenvalue weighted by molar-refractivity contribution is 6.20. The molecule has 73 heavy (non-hydrogen) atoms. The summed E-state index contributed by atoms with van der Waals surface area (Å²) in [6.07, 6.45) is 1.92. The predicted octanol–water partition coefficient (Wildman–Crippen LogP) is 17.0. The Morgan fingerprint density at radius 3 is 1.40 bits per heavy atom. The van der Waals surface area contributed by atoms with Gasteiger partial charge in [0, 0.05) is 62.8 Å². The third-order valence-corrected chi connectivity index (χ3v) is 13.0. The first kappa shape index (κ1) is 45.9. The van der Waals surface area contributed by atoms with Crippen LogP contribution in [0.15, 0.2) is 253 Å². The first-order chi connectivity index (χ1) is 36.2. The summed E-state index contributed by atoms with van der Waals surface area (Å²) in [6.45, 7) is 4.00. The molecule has 12 aromatic rings. The van der Waals surface area contributed by atoms with Crippen LogP contribution in [0.5, 0.6) is 0 Å². The van der Waals surface area contributed by atoms with Gasteiger partial charge in [0.1, 0.15) is 5.52 Å². The molecule has 6 nitrogen and oxygen atoms in total. The second-order valence-corrected chi connectivity index (χ2v) is 17.4. The van der Waals surface area contributed by atoms with Crippen LogP contribution in [0.3, 0.4) is 0 Å². The molecule has 0 fully saturated rings. The van der Waals surface area contributed by atoms with E-state index in [1.54, 1.807) is 0 Å². The third-order valence-electron chi connectivity index (χ3n) is 13.0. The number of fused-ring (bicyclic) bond motifs is 4. The van der Waals surface area contributed by atoms with Crippen molar-refractivity contribution in [1.29, 1.82) is 0 Å². The third kappa shape index (κ3) is 9.22. The van der Waals surface area contributed by atoms with Gasteiger partial charge in [0.25, 0.3) is 0 Å². The summed E-state index contributed by atoms with van der Waals surface area (Å²) in [6, 6.07) is 83.6. The zero-order valence-electron chi connectivity index (χ0n) is 40.9. The van der Waals surface area contributed by atoms with Gasteiger partial charge in [0.15, 0.2) is 5.82 Å². The van der Waals surface area contributed by atoms with Gasteiger partial charge in [-0.2, -0.15) is 0 Å². The second kappa shape index (κ2) is 20.8. The lowest BCUT2D eigenvalue weighted by molar-refractivity contribution is 1.23. The molecule has 0 saturated carbocycles. The maximum Gasteiger partial charge on any atom is 0.160 e. The minimum Gasteiger partial charge on any atom is -0.287 e. The van der Waals surface area contributed by atoms with Gasteiger partial charge in [0.2, 0.25) is 0 Å². The SMILES string of the molecule is CC.CN=C(c1cccc(-c2nc(-c3ccccc3)nc3c2ccc2c(-c4ccccc4)cc(-c4ccccc4)nc23)c1)c1ccc2c(-c3ccccc3)cc(-c3ccccc3)nc2c1N=Cc1ccccc1. The van der Waals surface area contributed by atoms with Gasteiger partial charge < -0.3 is 0 Å². The fourth-order valence-corrected chi connectivity index (χ4v) is 9.54. The molecule has 0 aliphatic rings. The van der Waals surface area contributed by atoms with E-state index in [0.717, 1.165) is 122 Å². The molecule has 0 atom stereocenters. The number of aromatic nitrogens is 4. The molecule has 0 amide bonds. The molecule has 0 N–H and O–H groups in total. The zero-order chi connectivity index (χ0) is 49.5. The lowest BCUT2D eigenvalue weighted by Crippen LogP contribution is -2.06. The molecule has 9 aromatic carbocycles. The van der Waals surface area contributed by atoms with E-state index in [1.165, 1.54) is 0 Å². The van der Waals surface area contributed by atoms with Crippen LogP contribution in [0.1, 0.15) is 30.5 Å². The molecule has 3 heterocycles. The summed E-state index contributed by atoms with van der Waals surface area (Å²) >= 11 is 0. The Bertz CT molecular complexity index is 3950. The zero-order valence-corrected chi connectivity index (χ0v) is 40.9. The second-order valence-electron chi connectivity index (χ2n) is 17.4. The van der Waals surface area contributed by atoms with Crippen molar-refractivity contribution in [2.24, 2.45) is 9.98 Å². The highest BCUT2D eigenvalue weighted by Gasteiger charge is 2.22. The first-order valence-corrected chi connectivity index (χ1v) is 24.7. The molecular formula is C67H50N6. The molecule has 0 aliphatic carbocycles. The number of hydrogen-bond acceptors (Lipinski definition) is 6. The van der Waals surface area contributed by atoms with Crippen molar-refractivity contribution in [3.8, 4) is 67.4 Å². The number of aliphatic imine (C=N–C) groups is 2. The van der Waals surface area contributed by atoms with Gasteiger partial charge in [-0.05, 0) is 58.1 Å². The minimum atomic E-state index is 0.616. The average Bonchev–Trinajstić information content (AvgIpc) is 3.48. The van der Waals surface area contributed by atoms with Crippen molar-refractivity contribution >= 4 is 50.3 Å². The average molecular weight is 939 g/mol. The number of hydrogen-bond donors (Lipinski definition) is 0. The molecule has 12 rings (SSSR count). The van der Waals surface area contributed by atoms with E-state index in [2.05, 4.69) is 182 Å². The van der Waals surface area contributed by atoms with Gasteiger partial charge in [-0.15, -0.1) is 0 Å². The maximum absolute atomic E-state index is 5.44. The van der Waals surface area contributed by atoms with Crippen LogP contribution in [0, 0.1) is 0 Å². The highest BCUT2D eigenvalue weighted by Crippen LogP contribution is 2.41. The lowest BCUT2D eigenvalue weighted by Gasteiger charge is -2.17. The summed E-state index contributed by atoms with van der Waals surface area (Å²) in [4.78, 5) is 32.0. The number of benzene rings is 9. The Balaban J connectivity index is 0.00000284. The minimum absolute atomic E-state index is 0.616. The Hall–Kier alpha value is -9.52. The summed E-state index contributed by atoms with van der Waals surface area (Å²) in [5.41, 5.74) is 17.4. The van der Waals surface area contributed by atoms with Crippen molar-refractivity contribution in [3.63, 3.8) is 0 Å². The topological polar surface area (TPSA) is 76.3 Å². The van der Waals surface area contributed by atoms with E-state index in [1.807, 2.05) is 87.8 Å². The molecule has 6 heteroatoms. The molecule has 348 valence electrons. The number of rotatable bonds is 10. The molecule has 3 aromatic heterocycles. The Morgan fingerprint density at radius 2 is 0.836 bits per heavy atom. The summed E-state index contributed by atoms with van der Waals surface area (Å²) < 4.78 is 0. The monoisotopic (exact) mass is 938 g/mol. The van der Waals surface area contributed by atoms with Gasteiger partial charge >= 0.3 is 0 Å². The van der Waals surface area contributed by atoms with E-state index in [9.17, 15) is 0 Å². The highest BCUT2D eigenvalue weighted by atomic mass is 14.9. The van der Waals surface area contributed by atoms with E-state index in [0.29, 0.717) is 5.82 Å². The Labute approximate surface area is 425 Å². The van der Waals surface area contributed by atoms with Crippen LogP contribution in [0.4, 0.5) is 5.69 Å². The smallest absolute Gasteiger partial charge is 0.160 e. The molecule has 0 bridgehead atoms. The maximum atomic E-state index is 5.44. The van der Waals surface area contributed by atoms with Gasteiger partial charge in [-0.25, -0.2) is 19.9 Å². The lowest BCUT2D eigenvalue weighted by atomic mass is 9.92. The van der Waals surface area contributed by atoms with Gasteiger partial charge in [0.05, 0.1) is 39.5 Å². The number of nitrogens with zero attached hydrogens (tertiary/aromatic N) is 6. The first-order valence-electron chi connectivity index (χ1n) is 24.7. The fraction of sp³-hybridized carbons (Fsp3) is 0.0448. The van der Waals surface area contributed by atoms with Crippen LogP contribution in [-0.4, -0.2) is 38.9 Å². The van der Waals surface area contributed by atoms with E-state index in [4.69, 9.17) is 29.9 Å². The largest absolute Gasteiger partial charge is 0.287 e. The van der Waals surface area contributed by atoms with E-state index in [-0.39, 0.29) is 0 Å². The Morgan fingerprint density at radius 1 is 0.384 bits per heavy atom. The van der Waals surface area contributed by atoms with Crippen LogP contribution in [-0.2, 0) is 0 Å². The van der Waals surface area contributed by atoms with Crippen molar-refractivity contribution in [2.75, 3.05) is 7.05 Å². The molecular weight excluding hydrogens is 889 g/mol. The Kier molecular flexibility index (Phi) is 13.1. The molecule has 0 saturated heterocycles. The van der Waals surface area contributed by atoms with E-state index < -0.39 is 0 Å². The summed E-state index contributed by atoms with van der Waals surface area (Å²) in [5, 5.41) is 2.91. The summed E-state index contributed by atoms with van der Waals surface area (Å²) in [5.74, 6) is 0.616. The van der Waals surface area contributed by atoms with Crippen molar-refractivity contribution in [2.45, 2.75) is 13.8 Å². The van der Waals surface area contributed by atoms with Gasteiger partial charge in [-0.3, -0.25) is 9.98 Å². The fourth-order valence-electron chi connectivity index (χ4n) is 9.54. The normalized spacial score (nSPS) is 11.5. The van der Waals surface area contributed by atoms with Crippen LogP contribution in [0.25, 0.3) is 100 Å². The van der Waals surface area contributed by atoms with Crippen LogP contribution in [0.2, 0.25) is 0 Å².